The molecule has 4 nitrogen and oxygen atoms in total. The Hall–Kier alpha value is -2.10. The van der Waals surface area contributed by atoms with Crippen LogP contribution in [0.25, 0.3) is 0 Å². The third-order valence-electron chi connectivity index (χ3n) is 1.90. The molecule has 0 saturated carbocycles. The minimum atomic E-state index is -0.376. The van der Waals surface area contributed by atoms with Crippen molar-refractivity contribution in [3.63, 3.8) is 0 Å². The molecule has 0 spiro atoms. The van der Waals surface area contributed by atoms with Gasteiger partial charge in [-0.05, 0) is 5.56 Å². The topological polar surface area (TPSA) is 58.2 Å². The molecule has 0 aliphatic heterocycles. The zero-order valence-corrected chi connectivity index (χ0v) is 9.12. The predicted octanol–water partition coefficient (Wildman–Crippen LogP) is 0.953. The van der Waals surface area contributed by atoms with Crippen LogP contribution in [0.4, 0.5) is 0 Å². The number of amides is 2. The van der Waals surface area contributed by atoms with Gasteiger partial charge in [0.15, 0.2) is 0 Å². The first-order valence-electron chi connectivity index (χ1n) is 4.88. The lowest BCUT2D eigenvalue weighted by atomic mass is 10.2. The van der Waals surface area contributed by atoms with Crippen molar-refractivity contribution in [1.29, 1.82) is 0 Å². The minimum absolute atomic E-state index is 0.0587. The van der Waals surface area contributed by atoms with Crippen molar-refractivity contribution in [2.75, 3.05) is 0 Å². The second-order valence-electron chi connectivity index (χ2n) is 3.33. The average Bonchev–Trinajstić information content (AvgIpc) is 2.26. The SMILES string of the molecule is C=C(NC(C)=O)C(=O)[15NH]Cc1ccccc1. The Morgan fingerprint density at radius 2 is 1.88 bits per heavy atom. The molecule has 0 aliphatic carbocycles. The van der Waals surface area contributed by atoms with E-state index in [0.717, 1.165) is 5.56 Å². The summed E-state index contributed by atoms with van der Waals surface area (Å²) in [7, 11) is 0. The van der Waals surface area contributed by atoms with Gasteiger partial charge in [0, 0.05) is 13.5 Å². The molecule has 0 fully saturated rings. The van der Waals surface area contributed by atoms with Crippen molar-refractivity contribution >= 4 is 11.8 Å². The standard InChI is InChI=1S/C12H14N2O2/c1-9(14-10(2)15)12(16)13-8-11-6-4-3-5-7-11/h3-7H,1,8H2,2H3,(H,13,16)(H,14,15)/i13+1. The Morgan fingerprint density at radius 3 is 2.44 bits per heavy atom. The van der Waals surface area contributed by atoms with Gasteiger partial charge in [0.1, 0.15) is 0 Å². The summed E-state index contributed by atoms with van der Waals surface area (Å²) in [6.07, 6.45) is 0. The summed E-state index contributed by atoms with van der Waals surface area (Å²) in [5, 5.41) is 4.98. The van der Waals surface area contributed by atoms with Crippen molar-refractivity contribution in [3.8, 4) is 0 Å². The van der Waals surface area contributed by atoms with Gasteiger partial charge in [-0.25, -0.2) is 0 Å². The van der Waals surface area contributed by atoms with E-state index in [0.29, 0.717) is 6.54 Å². The molecule has 0 bridgehead atoms. The van der Waals surface area contributed by atoms with E-state index in [2.05, 4.69) is 17.2 Å². The second-order valence-corrected chi connectivity index (χ2v) is 3.33. The lowest BCUT2D eigenvalue weighted by molar-refractivity contribution is -0.122. The summed E-state index contributed by atoms with van der Waals surface area (Å²) in [4.78, 5) is 22.1. The number of carbonyl (C=O) groups is 2. The van der Waals surface area contributed by atoms with Gasteiger partial charge in [0.05, 0.1) is 5.70 Å². The van der Waals surface area contributed by atoms with Crippen LogP contribution in [0, 0.1) is 0 Å². The van der Waals surface area contributed by atoms with E-state index in [9.17, 15) is 9.59 Å². The number of nitrogens with one attached hydrogen (secondary N) is 2. The maximum Gasteiger partial charge on any atom is 0.267 e. The van der Waals surface area contributed by atoms with Gasteiger partial charge in [-0.3, -0.25) is 9.59 Å². The third-order valence-corrected chi connectivity index (χ3v) is 1.90. The summed E-state index contributed by atoms with van der Waals surface area (Å²) < 4.78 is 0. The highest BCUT2D eigenvalue weighted by Gasteiger charge is 2.06. The quantitative estimate of drug-likeness (QED) is 0.585. The van der Waals surface area contributed by atoms with Gasteiger partial charge in [-0.15, -0.1) is 0 Å². The van der Waals surface area contributed by atoms with Gasteiger partial charge < -0.3 is 10.6 Å². The van der Waals surface area contributed by atoms with Crippen LogP contribution >= 0.6 is 0 Å². The van der Waals surface area contributed by atoms with Crippen LogP contribution in [0.2, 0.25) is 0 Å². The molecule has 2 amide bonds. The molecule has 0 unspecified atom stereocenters. The zero-order chi connectivity index (χ0) is 12.0. The highest BCUT2D eigenvalue weighted by molar-refractivity contribution is 5.96. The van der Waals surface area contributed by atoms with Crippen LogP contribution in [0.15, 0.2) is 42.6 Å². The molecule has 84 valence electrons. The fraction of sp³-hybridized carbons (Fsp3) is 0.167. The molecular weight excluding hydrogens is 205 g/mol. The Kier molecular flexibility index (Phi) is 4.27. The molecule has 0 atom stereocenters. The van der Waals surface area contributed by atoms with Crippen LogP contribution < -0.4 is 10.6 Å². The first-order chi connectivity index (χ1) is 7.59. The summed E-state index contributed by atoms with van der Waals surface area (Å²) >= 11 is 0. The van der Waals surface area contributed by atoms with Crippen molar-refractivity contribution in [2.24, 2.45) is 0 Å². The summed E-state index contributed by atoms with van der Waals surface area (Å²) in [6.45, 7) is 5.21. The molecule has 0 saturated heterocycles. The fourth-order valence-corrected chi connectivity index (χ4v) is 1.15. The van der Waals surface area contributed by atoms with Crippen LogP contribution in [-0.2, 0) is 16.1 Å². The number of rotatable bonds is 4. The van der Waals surface area contributed by atoms with Crippen LogP contribution in [0.5, 0.6) is 0 Å². The number of hydrogen-bond donors (Lipinski definition) is 2. The van der Waals surface area contributed by atoms with Crippen molar-refractivity contribution in [1.82, 2.24) is 10.6 Å². The van der Waals surface area contributed by atoms with Gasteiger partial charge >= 0.3 is 0 Å². The molecule has 0 radical (unpaired) electrons. The van der Waals surface area contributed by atoms with Crippen LogP contribution in [-0.4, -0.2) is 11.8 Å². The molecule has 0 aromatic heterocycles. The summed E-state index contributed by atoms with van der Waals surface area (Å²) in [5.74, 6) is -0.682. The normalized spacial score (nSPS) is 9.31. The molecule has 0 heterocycles. The van der Waals surface area contributed by atoms with E-state index in [1.165, 1.54) is 6.92 Å². The first kappa shape index (κ1) is 12.0. The Bertz CT molecular complexity index is 399. The smallest absolute Gasteiger partial charge is 0.267 e. The third kappa shape index (κ3) is 3.96. The van der Waals surface area contributed by atoms with E-state index in [4.69, 9.17) is 0 Å². The highest BCUT2D eigenvalue weighted by atomic mass is 16.2. The summed E-state index contributed by atoms with van der Waals surface area (Å²) in [5.41, 5.74) is 1.05. The monoisotopic (exact) mass is 219 g/mol. The molecule has 1 rings (SSSR count). The molecule has 16 heavy (non-hydrogen) atoms. The van der Waals surface area contributed by atoms with Crippen molar-refractivity contribution in [3.05, 3.63) is 48.2 Å². The highest BCUT2D eigenvalue weighted by Crippen LogP contribution is 1.97. The minimum Gasteiger partial charge on any atom is -0.347 e. The van der Waals surface area contributed by atoms with Crippen molar-refractivity contribution < 1.29 is 9.59 Å². The maximum absolute atomic E-state index is 11.4. The van der Waals surface area contributed by atoms with Crippen LogP contribution in [0.3, 0.4) is 0 Å². The molecule has 1 aromatic carbocycles. The lowest BCUT2D eigenvalue weighted by Gasteiger charge is -2.07. The Labute approximate surface area is 94.4 Å². The molecule has 2 N–H and O–H groups in total. The van der Waals surface area contributed by atoms with Gasteiger partial charge in [-0.1, -0.05) is 36.9 Å². The number of carbonyl (C=O) groups excluding carboxylic acids is 2. The number of benzene rings is 1. The maximum atomic E-state index is 11.4. The predicted molar refractivity (Wildman–Crippen MR) is 61.2 cm³/mol. The zero-order valence-electron chi connectivity index (χ0n) is 9.12. The lowest BCUT2D eigenvalue weighted by Crippen LogP contribution is -2.32. The van der Waals surface area contributed by atoms with E-state index in [1.807, 2.05) is 30.3 Å². The van der Waals surface area contributed by atoms with Gasteiger partial charge in [0.25, 0.3) is 5.91 Å². The van der Waals surface area contributed by atoms with Gasteiger partial charge in [-0.2, -0.15) is 0 Å². The van der Waals surface area contributed by atoms with E-state index in [1.54, 1.807) is 0 Å². The molecule has 1 aromatic rings. The van der Waals surface area contributed by atoms with E-state index in [-0.39, 0.29) is 17.5 Å². The van der Waals surface area contributed by atoms with E-state index < -0.39 is 0 Å². The largest absolute Gasteiger partial charge is 0.347 e. The molecule has 4 heteroatoms. The number of hydrogen-bond acceptors (Lipinski definition) is 2. The first-order valence-corrected chi connectivity index (χ1v) is 4.88. The molecule has 0 aliphatic rings. The van der Waals surface area contributed by atoms with Gasteiger partial charge in [0.2, 0.25) is 5.91 Å². The van der Waals surface area contributed by atoms with Crippen molar-refractivity contribution in [2.45, 2.75) is 13.5 Å². The van der Waals surface area contributed by atoms with Crippen LogP contribution in [0.1, 0.15) is 12.5 Å². The summed E-state index contributed by atoms with van der Waals surface area (Å²) in [6, 6.07) is 9.50. The second kappa shape index (κ2) is 5.70. The fourth-order valence-electron chi connectivity index (χ4n) is 1.15. The Morgan fingerprint density at radius 1 is 1.25 bits per heavy atom. The Balaban J connectivity index is 2.41. The van der Waals surface area contributed by atoms with E-state index >= 15 is 0 Å². The molecular formula is C12H14N2O2. The average molecular weight is 219 g/mol.